The van der Waals surface area contributed by atoms with Gasteiger partial charge in [0.2, 0.25) is 0 Å². The van der Waals surface area contributed by atoms with Gasteiger partial charge in [-0.2, -0.15) is 11.8 Å². The second-order valence-corrected chi connectivity index (χ2v) is 9.59. The number of hydrogen-bond acceptors (Lipinski definition) is 5. The maximum Gasteiger partial charge on any atom is 0.336 e. The summed E-state index contributed by atoms with van der Waals surface area (Å²) in [5.74, 6) is 4.40. The van der Waals surface area contributed by atoms with E-state index < -0.39 is 0 Å². The molecule has 0 aliphatic carbocycles. The Morgan fingerprint density at radius 1 is 1.03 bits per heavy atom. The molecule has 29 heavy (non-hydrogen) atoms. The molecule has 0 radical (unpaired) electrons. The monoisotopic (exact) mass is 415 g/mol. The molecule has 1 aromatic carbocycles. The summed E-state index contributed by atoms with van der Waals surface area (Å²) in [6.45, 7) is 3.43. The van der Waals surface area contributed by atoms with Gasteiger partial charge in [-0.25, -0.2) is 4.79 Å². The Hall–Kier alpha value is -1.46. The van der Waals surface area contributed by atoms with Crippen LogP contribution in [-0.4, -0.2) is 42.1 Å². The number of nitrogens with zero attached hydrogens (tertiary/aromatic N) is 1. The first-order valence-electron chi connectivity index (χ1n) is 11.3. The van der Waals surface area contributed by atoms with Gasteiger partial charge in [-0.05, 0) is 99.7 Å². The third-order valence-electron chi connectivity index (χ3n) is 6.35. The van der Waals surface area contributed by atoms with E-state index in [0.717, 1.165) is 36.1 Å². The first-order chi connectivity index (χ1) is 14.3. The van der Waals surface area contributed by atoms with Crippen molar-refractivity contribution in [2.45, 2.75) is 57.4 Å². The quantitative estimate of drug-likeness (QED) is 0.408. The predicted octanol–water partition coefficient (Wildman–Crippen LogP) is 5.34. The van der Waals surface area contributed by atoms with Crippen molar-refractivity contribution >= 4 is 22.7 Å². The smallest absolute Gasteiger partial charge is 0.336 e. The standard InChI is InChI=1S/C24H33NO3S/c26-24-12-9-19-17-21(10-11-23(19)28-24)27-15-4-1-5-16-29-18-20-7-6-14-25-13-3-2-8-22(20)25/h9-12,17,20,22H,1-8,13-16,18H2/t20-,22+/m0/s1. The summed E-state index contributed by atoms with van der Waals surface area (Å²) in [7, 11) is 0. The van der Waals surface area contributed by atoms with Crippen LogP contribution in [0.4, 0.5) is 0 Å². The lowest BCUT2D eigenvalue weighted by atomic mass is 9.85. The van der Waals surface area contributed by atoms with Gasteiger partial charge in [0.05, 0.1) is 6.61 Å². The fourth-order valence-electron chi connectivity index (χ4n) is 4.82. The third-order valence-corrected chi connectivity index (χ3v) is 7.59. The van der Waals surface area contributed by atoms with E-state index in [-0.39, 0.29) is 5.63 Å². The fraction of sp³-hybridized carbons (Fsp3) is 0.625. The summed E-state index contributed by atoms with van der Waals surface area (Å²) in [6, 6.07) is 9.73. The number of unbranched alkanes of at least 4 members (excludes halogenated alkanes) is 2. The van der Waals surface area contributed by atoms with E-state index in [1.165, 1.54) is 75.6 Å². The van der Waals surface area contributed by atoms with E-state index in [1.54, 1.807) is 12.1 Å². The SMILES string of the molecule is O=c1ccc2cc(OCCCCCSC[C@@H]3CCCN4CCCC[C@H]34)ccc2o1. The van der Waals surface area contributed by atoms with Crippen molar-refractivity contribution in [1.82, 2.24) is 4.90 Å². The van der Waals surface area contributed by atoms with Crippen molar-refractivity contribution in [2.24, 2.45) is 5.92 Å². The zero-order chi connectivity index (χ0) is 19.9. The van der Waals surface area contributed by atoms with Crippen LogP contribution in [0, 0.1) is 5.92 Å². The highest BCUT2D eigenvalue weighted by Gasteiger charge is 2.32. The molecular formula is C24H33NO3S. The summed E-state index contributed by atoms with van der Waals surface area (Å²) in [4.78, 5) is 14.0. The minimum atomic E-state index is -0.316. The van der Waals surface area contributed by atoms with Crippen LogP contribution in [0.2, 0.25) is 0 Å². The molecule has 2 atom stereocenters. The Morgan fingerprint density at radius 2 is 1.97 bits per heavy atom. The molecule has 0 amide bonds. The van der Waals surface area contributed by atoms with E-state index in [4.69, 9.17) is 9.15 Å². The first-order valence-corrected chi connectivity index (χ1v) is 12.4. The van der Waals surface area contributed by atoms with Gasteiger partial charge in [0.1, 0.15) is 11.3 Å². The number of ether oxygens (including phenoxy) is 1. The number of rotatable bonds is 9. The maximum absolute atomic E-state index is 11.2. The van der Waals surface area contributed by atoms with Gasteiger partial charge < -0.3 is 14.1 Å². The highest BCUT2D eigenvalue weighted by Crippen LogP contribution is 2.33. The van der Waals surface area contributed by atoms with Gasteiger partial charge in [-0.15, -0.1) is 0 Å². The van der Waals surface area contributed by atoms with Crippen LogP contribution in [0.1, 0.15) is 51.4 Å². The van der Waals surface area contributed by atoms with E-state index >= 15 is 0 Å². The lowest BCUT2D eigenvalue weighted by Crippen LogP contribution is -2.48. The maximum atomic E-state index is 11.2. The molecule has 2 fully saturated rings. The van der Waals surface area contributed by atoms with Crippen LogP contribution in [0.5, 0.6) is 5.75 Å². The molecule has 2 aliphatic rings. The van der Waals surface area contributed by atoms with Crippen LogP contribution in [0.15, 0.2) is 39.5 Å². The van der Waals surface area contributed by atoms with Crippen LogP contribution in [-0.2, 0) is 0 Å². The van der Waals surface area contributed by atoms with Crippen molar-refractivity contribution in [3.63, 3.8) is 0 Å². The van der Waals surface area contributed by atoms with Crippen LogP contribution in [0.25, 0.3) is 11.0 Å². The van der Waals surface area contributed by atoms with Gasteiger partial charge in [0.15, 0.2) is 0 Å². The Labute approximate surface area is 178 Å². The fourth-order valence-corrected chi connectivity index (χ4v) is 6.09. The van der Waals surface area contributed by atoms with E-state index in [9.17, 15) is 4.79 Å². The zero-order valence-electron chi connectivity index (χ0n) is 17.3. The number of benzene rings is 1. The molecule has 158 valence electrons. The van der Waals surface area contributed by atoms with Crippen molar-refractivity contribution in [3.05, 3.63) is 40.8 Å². The molecule has 4 rings (SSSR count). The van der Waals surface area contributed by atoms with Gasteiger partial charge >= 0.3 is 5.63 Å². The number of hydrogen-bond donors (Lipinski definition) is 0. The molecular weight excluding hydrogens is 382 g/mol. The summed E-state index contributed by atoms with van der Waals surface area (Å²) in [5.41, 5.74) is 0.291. The van der Waals surface area contributed by atoms with Crippen molar-refractivity contribution < 1.29 is 9.15 Å². The molecule has 0 N–H and O–H groups in total. The lowest BCUT2D eigenvalue weighted by molar-refractivity contribution is 0.0693. The van der Waals surface area contributed by atoms with Crippen molar-refractivity contribution in [1.29, 1.82) is 0 Å². The van der Waals surface area contributed by atoms with E-state index in [1.807, 2.05) is 12.1 Å². The number of fused-ring (bicyclic) bond motifs is 2. The first kappa shape index (κ1) is 20.8. The molecule has 0 spiro atoms. The average molecular weight is 416 g/mol. The normalized spacial score (nSPS) is 22.5. The van der Waals surface area contributed by atoms with Crippen LogP contribution >= 0.6 is 11.8 Å². The van der Waals surface area contributed by atoms with Gasteiger partial charge in [-0.3, -0.25) is 0 Å². The molecule has 2 aliphatic heterocycles. The molecule has 2 saturated heterocycles. The van der Waals surface area contributed by atoms with Crippen molar-refractivity contribution in [2.75, 3.05) is 31.2 Å². The Morgan fingerprint density at radius 3 is 2.93 bits per heavy atom. The zero-order valence-corrected chi connectivity index (χ0v) is 18.1. The third kappa shape index (κ3) is 5.79. The minimum Gasteiger partial charge on any atom is -0.494 e. The molecule has 0 bridgehead atoms. The minimum absolute atomic E-state index is 0.316. The molecule has 2 aromatic rings. The predicted molar refractivity (Wildman–Crippen MR) is 121 cm³/mol. The lowest BCUT2D eigenvalue weighted by Gasteiger charge is -2.44. The van der Waals surface area contributed by atoms with Crippen LogP contribution < -0.4 is 10.4 Å². The van der Waals surface area contributed by atoms with E-state index in [0.29, 0.717) is 5.58 Å². The number of thioether (sulfide) groups is 1. The van der Waals surface area contributed by atoms with E-state index in [2.05, 4.69) is 16.7 Å². The molecule has 0 saturated carbocycles. The summed E-state index contributed by atoms with van der Waals surface area (Å²) in [5, 5.41) is 0.901. The molecule has 1 aromatic heterocycles. The summed E-state index contributed by atoms with van der Waals surface area (Å²) in [6.07, 6.45) is 10.7. The highest BCUT2D eigenvalue weighted by molar-refractivity contribution is 7.99. The molecule has 3 heterocycles. The largest absolute Gasteiger partial charge is 0.494 e. The van der Waals surface area contributed by atoms with Crippen molar-refractivity contribution in [3.8, 4) is 5.75 Å². The van der Waals surface area contributed by atoms with Gasteiger partial charge in [0, 0.05) is 17.5 Å². The Balaban J connectivity index is 1.09. The second-order valence-electron chi connectivity index (χ2n) is 8.44. The molecule has 5 heteroatoms. The summed E-state index contributed by atoms with van der Waals surface area (Å²) < 4.78 is 11.0. The average Bonchev–Trinajstić information content (AvgIpc) is 2.75. The molecule has 0 unspecified atom stereocenters. The van der Waals surface area contributed by atoms with Gasteiger partial charge in [-0.1, -0.05) is 6.42 Å². The second kappa shape index (κ2) is 10.5. The van der Waals surface area contributed by atoms with Crippen LogP contribution in [0.3, 0.4) is 0 Å². The Bertz CT molecular complexity index is 834. The molecule has 4 nitrogen and oxygen atoms in total. The summed E-state index contributed by atoms with van der Waals surface area (Å²) >= 11 is 2.17. The number of piperidine rings is 2. The topological polar surface area (TPSA) is 42.7 Å². The highest BCUT2D eigenvalue weighted by atomic mass is 32.2. The Kier molecular flexibility index (Phi) is 7.55. The van der Waals surface area contributed by atoms with Gasteiger partial charge in [0.25, 0.3) is 0 Å².